The van der Waals surface area contributed by atoms with Gasteiger partial charge in [0.1, 0.15) is 16.7 Å². The second-order valence-corrected chi connectivity index (χ2v) is 2.59. The smallest absolute Gasteiger partial charge is 0.159 e. The van der Waals surface area contributed by atoms with Crippen molar-refractivity contribution in [3.63, 3.8) is 0 Å². The van der Waals surface area contributed by atoms with Gasteiger partial charge in [-0.15, -0.1) is 0 Å². The molecular formula is C7H3ClN4. The number of hydrogen-bond donors (Lipinski definition) is 1. The SMILES string of the molecule is N#Cc1c[nH]c2nc(Cl)cnc12. The van der Waals surface area contributed by atoms with Crippen molar-refractivity contribution in [1.29, 1.82) is 5.26 Å². The van der Waals surface area contributed by atoms with Crippen LogP contribution in [0.3, 0.4) is 0 Å². The Morgan fingerprint density at radius 2 is 2.42 bits per heavy atom. The molecule has 0 bridgehead atoms. The second kappa shape index (κ2) is 2.47. The second-order valence-electron chi connectivity index (χ2n) is 2.20. The highest BCUT2D eigenvalue weighted by Crippen LogP contribution is 2.14. The summed E-state index contributed by atoms with van der Waals surface area (Å²) in [5.41, 5.74) is 1.58. The third-order valence-electron chi connectivity index (χ3n) is 1.47. The number of H-pyrrole nitrogens is 1. The Balaban J connectivity index is 2.84. The van der Waals surface area contributed by atoms with Crippen LogP contribution in [0.15, 0.2) is 12.4 Å². The largest absolute Gasteiger partial charge is 0.343 e. The molecule has 5 heteroatoms. The Hall–Kier alpha value is -1.60. The number of nitrogens with zero attached hydrogens (tertiary/aromatic N) is 3. The van der Waals surface area contributed by atoms with E-state index in [0.717, 1.165) is 0 Å². The van der Waals surface area contributed by atoms with Crippen LogP contribution in [0.1, 0.15) is 5.56 Å². The number of rotatable bonds is 0. The Labute approximate surface area is 72.8 Å². The average Bonchev–Trinajstić information content (AvgIpc) is 2.46. The van der Waals surface area contributed by atoms with Gasteiger partial charge in [0.05, 0.1) is 11.8 Å². The molecule has 2 aromatic rings. The molecule has 0 aliphatic rings. The van der Waals surface area contributed by atoms with Crippen LogP contribution < -0.4 is 0 Å². The summed E-state index contributed by atoms with van der Waals surface area (Å²) in [4.78, 5) is 10.7. The molecule has 2 aromatic heterocycles. The fraction of sp³-hybridized carbons (Fsp3) is 0. The minimum atomic E-state index is 0.314. The first-order valence-corrected chi connectivity index (χ1v) is 3.59. The molecule has 0 spiro atoms. The van der Waals surface area contributed by atoms with Crippen LogP contribution in [0, 0.1) is 11.3 Å². The van der Waals surface area contributed by atoms with Gasteiger partial charge in [-0.05, 0) is 0 Å². The molecule has 0 saturated heterocycles. The van der Waals surface area contributed by atoms with Crippen molar-refractivity contribution in [3.8, 4) is 6.07 Å². The quantitative estimate of drug-likeness (QED) is 0.665. The van der Waals surface area contributed by atoms with Gasteiger partial charge in [-0.1, -0.05) is 11.6 Å². The zero-order valence-corrected chi connectivity index (χ0v) is 6.63. The van der Waals surface area contributed by atoms with E-state index in [1.54, 1.807) is 6.20 Å². The number of halogens is 1. The lowest BCUT2D eigenvalue weighted by Crippen LogP contribution is -1.81. The Morgan fingerprint density at radius 1 is 1.58 bits per heavy atom. The van der Waals surface area contributed by atoms with E-state index >= 15 is 0 Å². The maximum Gasteiger partial charge on any atom is 0.159 e. The van der Waals surface area contributed by atoms with Gasteiger partial charge in [0.15, 0.2) is 5.65 Å². The molecule has 58 valence electrons. The van der Waals surface area contributed by atoms with Gasteiger partial charge in [-0.3, -0.25) is 0 Å². The minimum Gasteiger partial charge on any atom is -0.343 e. The maximum atomic E-state index is 8.62. The molecular weight excluding hydrogens is 176 g/mol. The summed E-state index contributed by atoms with van der Waals surface area (Å²) in [6.45, 7) is 0. The first-order chi connectivity index (χ1) is 5.81. The van der Waals surface area contributed by atoms with Crippen LogP contribution in [-0.4, -0.2) is 15.0 Å². The number of nitriles is 1. The van der Waals surface area contributed by atoms with Crippen molar-refractivity contribution >= 4 is 22.8 Å². The monoisotopic (exact) mass is 178 g/mol. The molecule has 0 aliphatic carbocycles. The number of nitrogens with one attached hydrogen (secondary N) is 1. The van der Waals surface area contributed by atoms with Crippen LogP contribution >= 0.6 is 11.6 Å². The van der Waals surface area contributed by atoms with Crippen LogP contribution in [0.25, 0.3) is 11.2 Å². The lowest BCUT2D eigenvalue weighted by atomic mass is 10.3. The van der Waals surface area contributed by atoms with E-state index in [-0.39, 0.29) is 0 Å². The molecule has 0 radical (unpaired) electrons. The molecule has 0 aromatic carbocycles. The summed E-state index contributed by atoms with van der Waals surface area (Å²) in [5, 5.41) is 8.94. The van der Waals surface area contributed by atoms with Crippen molar-refractivity contribution in [2.24, 2.45) is 0 Å². The van der Waals surface area contributed by atoms with E-state index in [1.807, 2.05) is 6.07 Å². The molecule has 1 N–H and O–H groups in total. The van der Waals surface area contributed by atoms with Crippen molar-refractivity contribution in [1.82, 2.24) is 15.0 Å². The predicted molar refractivity (Wildman–Crippen MR) is 43.6 cm³/mol. The number of aromatic amines is 1. The Bertz CT molecular complexity index is 468. The van der Waals surface area contributed by atoms with E-state index in [1.165, 1.54) is 6.20 Å². The molecule has 0 amide bonds. The molecule has 4 nitrogen and oxygen atoms in total. The topological polar surface area (TPSA) is 65.4 Å². The number of fused-ring (bicyclic) bond motifs is 1. The van der Waals surface area contributed by atoms with Crippen LogP contribution in [0.4, 0.5) is 0 Å². The van der Waals surface area contributed by atoms with Gasteiger partial charge in [0.25, 0.3) is 0 Å². The summed E-state index contributed by atoms with van der Waals surface area (Å²) in [6, 6.07) is 1.99. The van der Waals surface area contributed by atoms with E-state index in [4.69, 9.17) is 16.9 Å². The van der Waals surface area contributed by atoms with E-state index in [2.05, 4.69) is 15.0 Å². The minimum absolute atomic E-state index is 0.314. The zero-order chi connectivity index (χ0) is 8.55. The third-order valence-corrected chi connectivity index (χ3v) is 1.65. The molecule has 0 unspecified atom stereocenters. The van der Waals surface area contributed by atoms with E-state index in [9.17, 15) is 0 Å². The summed E-state index contributed by atoms with van der Waals surface area (Å²) >= 11 is 5.59. The molecule has 0 saturated carbocycles. The summed E-state index contributed by atoms with van der Waals surface area (Å²) in [7, 11) is 0. The highest BCUT2D eigenvalue weighted by molar-refractivity contribution is 6.29. The van der Waals surface area contributed by atoms with Crippen molar-refractivity contribution in [3.05, 3.63) is 23.1 Å². The molecule has 2 rings (SSSR count). The third kappa shape index (κ3) is 0.917. The van der Waals surface area contributed by atoms with Gasteiger partial charge in [-0.2, -0.15) is 5.26 Å². The molecule has 2 heterocycles. The molecule has 0 aliphatic heterocycles. The molecule has 0 fully saturated rings. The first-order valence-electron chi connectivity index (χ1n) is 3.21. The lowest BCUT2D eigenvalue weighted by molar-refractivity contribution is 1.26. The lowest BCUT2D eigenvalue weighted by Gasteiger charge is -1.88. The van der Waals surface area contributed by atoms with Gasteiger partial charge in [0, 0.05) is 6.20 Å². The summed E-state index contributed by atoms with van der Waals surface area (Å²) in [6.07, 6.45) is 2.97. The van der Waals surface area contributed by atoms with Gasteiger partial charge in [-0.25, -0.2) is 9.97 Å². The Morgan fingerprint density at radius 3 is 3.17 bits per heavy atom. The van der Waals surface area contributed by atoms with Crippen LogP contribution in [0.5, 0.6) is 0 Å². The first kappa shape index (κ1) is 7.07. The summed E-state index contributed by atoms with van der Waals surface area (Å²) < 4.78 is 0. The van der Waals surface area contributed by atoms with Crippen molar-refractivity contribution in [2.45, 2.75) is 0 Å². The predicted octanol–water partition coefficient (Wildman–Crippen LogP) is 1.48. The Kier molecular flexibility index (Phi) is 1.45. The van der Waals surface area contributed by atoms with Gasteiger partial charge in [0.2, 0.25) is 0 Å². The molecule has 12 heavy (non-hydrogen) atoms. The van der Waals surface area contributed by atoms with Crippen LogP contribution in [-0.2, 0) is 0 Å². The standard InChI is InChI=1S/C7H3ClN4/c8-5-3-10-6-4(1-9)2-11-7(6)12-5/h2-3H,(H,11,12). The van der Waals surface area contributed by atoms with E-state index < -0.39 is 0 Å². The van der Waals surface area contributed by atoms with Crippen molar-refractivity contribution in [2.75, 3.05) is 0 Å². The number of hydrogen-bond acceptors (Lipinski definition) is 3. The van der Waals surface area contributed by atoms with Crippen molar-refractivity contribution < 1.29 is 0 Å². The fourth-order valence-electron chi connectivity index (χ4n) is 0.959. The van der Waals surface area contributed by atoms with Gasteiger partial charge < -0.3 is 4.98 Å². The average molecular weight is 179 g/mol. The van der Waals surface area contributed by atoms with Crippen LogP contribution in [0.2, 0.25) is 5.15 Å². The van der Waals surface area contributed by atoms with Gasteiger partial charge >= 0.3 is 0 Å². The number of aromatic nitrogens is 3. The van der Waals surface area contributed by atoms with E-state index in [0.29, 0.717) is 21.9 Å². The maximum absolute atomic E-state index is 8.62. The highest BCUT2D eigenvalue weighted by Gasteiger charge is 2.04. The fourth-order valence-corrected chi connectivity index (χ4v) is 1.09. The zero-order valence-electron chi connectivity index (χ0n) is 5.87. The summed E-state index contributed by atoms with van der Waals surface area (Å²) in [5.74, 6) is 0. The normalized spacial score (nSPS) is 10.0. The molecule has 0 atom stereocenters. The highest BCUT2D eigenvalue weighted by atomic mass is 35.5.